The molecule has 6 heteroatoms. The number of para-hydroxylation sites is 1. The fraction of sp³-hybridized carbons (Fsp3) is 0.133. The van der Waals surface area contributed by atoms with E-state index in [-0.39, 0.29) is 22.6 Å². The van der Waals surface area contributed by atoms with Crippen molar-refractivity contribution in [2.75, 3.05) is 11.4 Å². The van der Waals surface area contributed by atoms with Crippen LogP contribution >= 0.6 is 0 Å². The molecular weight excluding hydrogens is 275 g/mol. The maximum absolute atomic E-state index is 13.9. The van der Waals surface area contributed by atoms with Gasteiger partial charge in [0.15, 0.2) is 0 Å². The Morgan fingerprint density at radius 2 is 1.95 bits per heavy atom. The van der Waals surface area contributed by atoms with Crippen LogP contribution in [0.2, 0.25) is 0 Å². The monoisotopic (exact) mass is 288 g/mol. The highest BCUT2D eigenvalue weighted by molar-refractivity contribution is 5.81. The van der Waals surface area contributed by atoms with Gasteiger partial charge < -0.3 is 4.90 Å². The molecule has 2 aromatic rings. The first-order chi connectivity index (χ1) is 10.1. The molecule has 0 aliphatic heterocycles. The van der Waals surface area contributed by atoms with Gasteiger partial charge in [-0.2, -0.15) is 0 Å². The molecule has 0 spiro atoms. The number of carbonyl (C=O) groups is 1. The minimum atomic E-state index is -0.578. The lowest BCUT2D eigenvalue weighted by atomic mass is 10.1. The van der Waals surface area contributed by atoms with Crippen molar-refractivity contribution in [1.82, 2.24) is 0 Å². The van der Waals surface area contributed by atoms with Gasteiger partial charge in [0.1, 0.15) is 17.8 Å². The van der Waals surface area contributed by atoms with Gasteiger partial charge in [-0.3, -0.25) is 14.9 Å². The first-order valence-corrected chi connectivity index (χ1v) is 6.34. The first-order valence-electron chi connectivity index (χ1n) is 6.34. The van der Waals surface area contributed by atoms with Crippen LogP contribution in [0.1, 0.15) is 17.3 Å². The van der Waals surface area contributed by atoms with Crippen LogP contribution in [0.5, 0.6) is 0 Å². The van der Waals surface area contributed by atoms with Crippen molar-refractivity contribution in [2.24, 2.45) is 0 Å². The van der Waals surface area contributed by atoms with Crippen LogP contribution in [0.3, 0.4) is 0 Å². The number of anilines is 2. The average Bonchev–Trinajstić information content (AvgIpc) is 2.50. The van der Waals surface area contributed by atoms with E-state index in [1.807, 2.05) is 0 Å². The summed E-state index contributed by atoms with van der Waals surface area (Å²) in [5, 5.41) is 11.2. The number of nitro benzene ring substituents is 1. The van der Waals surface area contributed by atoms with E-state index in [4.69, 9.17) is 0 Å². The fourth-order valence-electron chi connectivity index (χ4n) is 2.13. The molecule has 21 heavy (non-hydrogen) atoms. The molecule has 0 aliphatic rings. The summed E-state index contributed by atoms with van der Waals surface area (Å²) in [4.78, 5) is 22.9. The molecule has 5 nitrogen and oxygen atoms in total. The van der Waals surface area contributed by atoms with E-state index in [1.54, 1.807) is 25.1 Å². The average molecular weight is 288 g/mol. The van der Waals surface area contributed by atoms with Gasteiger partial charge in [-0.25, -0.2) is 4.39 Å². The zero-order chi connectivity index (χ0) is 15.4. The Balaban J connectivity index is 2.60. The van der Waals surface area contributed by atoms with E-state index in [0.29, 0.717) is 12.8 Å². The second kappa shape index (κ2) is 6.13. The highest BCUT2D eigenvalue weighted by Crippen LogP contribution is 2.35. The van der Waals surface area contributed by atoms with Crippen molar-refractivity contribution in [2.45, 2.75) is 6.92 Å². The number of aldehydes is 1. The maximum atomic E-state index is 13.9. The summed E-state index contributed by atoms with van der Waals surface area (Å²) in [6.45, 7) is 2.12. The zero-order valence-electron chi connectivity index (χ0n) is 11.3. The Hall–Kier alpha value is -2.76. The van der Waals surface area contributed by atoms with Crippen molar-refractivity contribution in [3.05, 3.63) is 64.0 Å². The molecule has 0 radical (unpaired) electrons. The van der Waals surface area contributed by atoms with Crippen LogP contribution in [0, 0.1) is 15.9 Å². The number of hydrogen-bond donors (Lipinski definition) is 0. The number of carbonyl (C=O) groups excluding carboxylic acids is 1. The van der Waals surface area contributed by atoms with Crippen molar-refractivity contribution >= 4 is 23.3 Å². The highest BCUT2D eigenvalue weighted by Gasteiger charge is 2.22. The normalized spacial score (nSPS) is 10.2. The van der Waals surface area contributed by atoms with E-state index >= 15 is 0 Å². The largest absolute Gasteiger partial charge is 0.334 e. The van der Waals surface area contributed by atoms with Gasteiger partial charge in [0.05, 0.1) is 10.6 Å². The molecule has 0 atom stereocenters. The van der Waals surface area contributed by atoms with Gasteiger partial charge in [0, 0.05) is 18.2 Å². The van der Waals surface area contributed by atoms with Gasteiger partial charge in [0.25, 0.3) is 5.69 Å². The third kappa shape index (κ3) is 2.89. The second-order valence-electron chi connectivity index (χ2n) is 4.32. The van der Waals surface area contributed by atoms with Crippen LogP contribution in [0.25, 0.3) is 0 Å². The van der Waals surface area contributed by atoms with Crippen LogP contribution in [0.4, 0.5) is 21.5 Å². The Bertz CT molecular complexity index is 688. The molecule has 108 valence electrons. The highest BCUT2D eigenvalue weighted by atomic mass is 19.1. The molecule has 0 aliphatic carbocycles. The molecular formula is C15H13FN2O3. The molecule has 0 aromatic heterocycles. The molecule has 2 aromatic carbocycles. The molecule has 0 bridgehead atoms. The summed E-state index contributed by atoms with van der Waals surface area (Å²) in [7, 11) is 0. The van der Waals surface area contributed by atoms with Crippen molar-refractivity contribution in [1.29, 1.82) is 0 Å². The van der Waals surface area contributed by atoms with E-state index in [1.165, 1.54) is 29.2 Å². The van der Waals surface area contributed by atoms with Crippen molar-refractivity contribution < 1.29 is 14.1 Å². The molecule has 2 rings (SSSR count). The summed E-state index contributed by atoms with van der Waals surface area (Å²) in [5.41, 5.74) is 0.472. The Kier molecular flexibility index (Phi) is 4.27. The summed E-state index contributed by atoms with van der Waals surface area (Å²) in [6.07, 6.45) is 0.538. The van der Waals surface area contributed by atoms with Crippen LogP contribution in [-0.2, 0) is 0 Å². The lowest BCUT2D eigenvalue weighted by Crippen LogP contribution is -2.18. The number of hydrogen-bond acceptors (Lipinski definition) is 4. The summed E-state index contributed by atoms with van der Waals surface area (Å²) < 4.78 is 13.9. The van der Waals surface area contributed by atoms with E-state index in [2.05, 4.69) is 0 Å². The van der Waals surface area contributed by atoms with Gasteiger partial charge in [-0.1, -0.05) is 12.1 Å². The number of halogens is 1. The minimum absolute atomic E-state index is 0.204. The third-order valence-corrected chi connectivity index (χ3v) is 3.08. The van der Waals surface area contributed by atoms with Crippen LogP contribution < -0.4 is 4.90 Å². The van der Waals surface area contributed by atoms with Gasteiger partial charge in [0.2, 0.25) is 0 Å². The molecule has 0 saturated heterocycles. The van der Waals surface area contributed by atoms with E-state index in [0.717, 1.165) is 0 Å². The Morgan fingerprint density at radius 1 is 1.24 bits per heavy atom. The summed E-state index contributed by atoms with van der Waals surface area (Å²) in [5.74, 6) is -0.465. The van der Waals surface area contributed by atoms with E-state index < -0.39 is 10.7 Å². The smallest absolute Gasteiger partial charge is 0.293 e. The van der Waals surface area contributed by atoms with Gasteiger partial charge >= 0.3 is 0 Å². The van der Waals surface area contributed by atoms with Crippen LogP contribution in [0.15, 0.2) is 42.5 Å². The maximum Gasteiger partial charge on any atom is 0.293 e. The predicted molar refractivity (Wildman–Crippen MR) is 77.6 cm³/mol. The summed E-state index contributed by atoms with van der Waals surface area (Å²) >= 11 is 0. The quantitative estimate of drug-likeness (QED) is 0.478. The lowest BCUT2D eigenvalue weighted by Gasteiger charge is -2.23. The Labute approximate surface area is 120 Å². The van der Waals surface area contributed by atoms with Gasteiger partial charge in [-0.05, 0) is 31.2 Å². The zero-order valence-corrected chi connectivity index (χ0v) is 11.3. The number of rotatable bonds is 5. The third-order valence-electron chi connectivity index (χ3n) is 3.08. The number of nitrogens with zero attached hydrogens (tertiary/aromatic N) is 2. The summed E-state index contributed by atoms with van der Waals surface area (Å²) in [6, 6.07) is 10.2. The molecule has 0 fully saturated rings. The number of benzene rings is 2. The standard InChI is InChI=1S/C15H13FN2O3/c1-2-17(13-6-4-3-5-12(13)16)14-8-7-11(10-19)9-15(14)18(20)21/h3-10H,2H2,1H3. The SMILES string of the molecule is CCN(c1ccccc1F)c1ccc(C=O)cc1[N+](=O)[O-]. The first kappa shape index (κ1) is 14.6. The Morgan fingerprint density at radius 3 is 2.52 bits per heavy atom. The van der Waals surface area contributed by atoms with E-state index in [9.17, 15) is 19.3 Å². The fourth-order valence-corrected chi connectivity index (χ4v) is 2.13. The molecule has 0 amide bonds. The van der Waals surface area contributed by atoms with Gasteiger partial charge in [-0.15, -0.1) is 0 Å². The minimum Gasteiger partial charge on any atom is -0.334 e. The van der Waals surface area contributed by atoms with Crippen molar-refractivity contribution in [3.8, 4) is 0 Å². The number of nitro groups is 1. The predicted octanol–water partition coefficient (Wildman–Crippen LogP) is 3.70. The molecule has 0 heterocycles. The molecule has 0 N–H and O–H groups in total. The molecule has 0 unspecified atom stereocenters. The topological polar surface area (TPSA) is 63.5 Å². The van der Waals surface area contributed by atoms with Crippen molar-refractivity contribution in [3.63, 3.8) is 0 Å². The lowest BCUT2D eigenvalue weighted by molar-refractivity contribution is -0.384. The second-order valence-corrected chi connectivity index (χ2v) is 4.32. The van der Waals surface area contributed by atoms with Crippen LogP contribution in [-0.4, -0.2) is 17.8 Å². The molecule has 0 saturated carbocycles.